The monoisotopic (exact) mass is 359 g/mol. The van der Waals surface area contributed by atoms with Crippen LogP contribution in [0.25, 0.3) is 0 Å². The van der Waals surface area contributed by atoms with Gasteiger partial charge in [-0.15, -0.1) is 0 Å². The summed E-state index contributed by atoms with van der Waals surface area (Å²) in [5.41, 5.74) is 6.39. The van der Waals surface area contributed by atoms with Crippen LogP contribution in [0, 0.1) is 12.7 Å². The van der Waals surface area contributed by atoms with Crippen LogP contribution in [0.15, 0.2) is 39.8 Å². The number of rotatable bonds is 3. The fraction of sp³-hybridized carbons (Fsp3) is 0.0833. The van der Waals surface area contributed by atoms with Crippen molar-refractivity contribution < 1.29 is 12.8 Å². The lowest BCUT2D eigenvalue weighted by Crippen LogP contribution is -2.16. The molecule has 0 aliphatic rings. The van der Waals surface area contributed by atoms with Crippen LogP contribution in [0.3, 0.4) is 0 Å². The van der Waals surface area contributed by atoms with Crippen LogP contribution in [-0.2, 0) is 10.0 Å². The SMILES string of the molecule is Cc1nc(Br)ccc1NS(=O)(=O)c1cc(N)ccc1F. The van der Waals surface area contributed by atoms with Crippen LogP contribution in [0.5, 0.6) is 0 Å². The van der Waals surface area contributed by atoms with Gasteiger partial charge < -0.3 is 5.73 Å². The smallest absolute Gasteiger partial charge is 0.264 e. The fourth-order valence-corrected chi connectivity index (χ4v) is 3.19. The Labute approximate surface area is 124 Å². The van der Waals surface area contributed by atoms with Gasteiger partial charge in [0.05, 0.1) is 11.4 Å². The zero-order chi connectivity index (χ0) is 14.9. The Morgan fingerprint density at radius 1 is 1.30 bits per heavy atom. The molecule has 0 aliphatic carbocycles. The quantitative estimate of drug-likeness (QED) is 0.651. The molecule has 1 aromatic heterocycles. The fourth-order valence-electron chi connectivity index (χ4n) is 1.56. The van der Waals surface area contributed by atoms with Gasteiger partial charge in [0.2, 0.25) is 0 Å². The minimum atomic E-state index is -4.06. The number of pyridine rings is 1. The van der Waals surface area contributed by atoms with Crippen LogP contribution >= 0.6 is 15.9 Å². The molecule has 0 spiro atoms. The molecule has 20 heavy (non-hydrogen) atoms. The molecule has 5 nitrogen and oxygen atoms in total. The predicted octanol–water partition coefficient (Wildman–Crippen LogP) is 2.67. The van der Waals surface area contributed by atoms with E-state index in [0.717, 1.165) is 12.1 Å². The first kappa shape index (κ1) is 14.7. The third-order valence-corrected chi connectivity index (χ3v) is 4.36. The van der Waals surface area contributed by atoms with Crippen molar-refractivity contribution in [3.05, 3.63) is 46.4 Å². The van der Waals surface area contributed by atoms with E-state index in [0.29, 0.717) is 10.3 Å². The largest absolute Gasteiger partial charge is 0.399 e. The summed E-state index contributed by atoms with van der Waals surface area (Å²) in [5.74, 6) is -0.866. The molecule has 2 rings (SSSR count). The molecule has 106 valence electrons. The summed E-state index contributed by atoms with van der Waals surface area (Å²) in [6.45, 7) is 1.64. The summed E-state index contributed by atoms with van der Waals surface area (Å²) >= 11 is 3.18. The summed E-state index contributed by atoms with van der Waals surface area (Å²) in [6, 6.07) is 6.49. The van der Waals surface area contributed by atoms with E-state index in [-0.39, 0.29) is 11.4 Å². The third kappa shape index (κ3) is 3.07. The normalized spacial score (nSPS) is 11.3. The van der Waals surface area contributed by atoms with Gasteiger partial charge in [0.15, 0.2) is 0 Å². The van der Waals surface area contributed by atoms with E-state index in [2.05, 4.69) is 25.6 Å². The maximum Gasteiger partial charge on any atom is 0.264 e. The van der Waals surface area contributed by atoms with E-state index in [4.69, 9.17) is 5.73 Å². The molecule has 0 saturated carbocycles. The van der Waals surface area contributed by atoms with E-state index >= 15 is 0 Å². The second-order valence-corrected chi connectivity index (χ2v) is 6.53. The van der Waals surface area contributed by atoms with Gasteiger partial charge in [-0.1, -0.05) is 0 Å². The second-order valence-electron chi connectivity index (χ2n) is 4.06. The summed E-state index contributed by atoms with van der Waals surface area (Å²) in [5, 5.41) is 0. The Morgan fingerprint density at radius 3 is 2.65 bits per heavy atom. The first-order chi connectivity index (χ1) is 9.29. The van der Waals surface area contributed by atoms with Gasteiger partial charge in [0, 0.05) is 5.69 Å². The van der Waals surface area contributed by atoms with Crippen molar-refractivity contribution in [3.63, 3.8) is 0 Å². The maximum absolute atomic E-state index is 13.6. The van der Waals surface area contributed by atoms with E-state index in [1.54, 1.807) is 13.0 Å². The number of nitrogen functional groups attached to an aromatic ring is 1. The van der Waals surface area contributed by atoms with E-state index < -0.39 is 20.7 Å². The number of sulfonamides is 1. The number of aryl methyl sites for hydroxylation is 1. The molecular weight excluding hydrogens is 349 g/mol. The number of nitrogens with two attached hydrogens (primary N) is 1. The van der Waals surface area contributed by atoms with Crippen LogP contribution in [0.2, 0.25) is 0 Å². The minimum absolute atomic E-state index is 0.164. The molecule has 0 unspecified atom stereocenters. The van der Waals surface area contributed by atoms with Gasteiger partial charge in [0.25, 0.3) is 10.0 Å². The summed E-state index contributed by atoms with van der Waals surface area (Å²) in [6.07, 6.45) is 0. The van der Waals surface area contributed by atoms with Crippen LogP contribution in [0.1, 0.15) is 5.69 Å². The standard InChI is InChI=1S/C12H11BrFN3O2S/c1-7-10(4-5-12(13)16-7)17-20(18,19)11-6-8(15)2-3-9(11)14/h2-6,17H,15H2,1H3. The molecule has 2 aromatic rings. The molecule has 0 amide bonds. The van der Waals surface area contributed by atoms with E-state index in [1.165, 1.54) is 12.1 Å². The molecule has 8 heteroatoms. The lowest BCUT2D eigenvalue weighted by Gasteiger charge is -2.11. The summed E-state index contributed by atoms with van der Waals surface area (Å²) < 4.78 is 40.8. The number of nitrogens with one attached hydrogen (secondary N) is 1. The highest BCUT2D eigenvalue weighted by Gasteiger charge is 2.20. The molecule has 0 bridgehead atoms. The maximum atomic E-state index is 13.6. The Balaban J connectivity index is 2.43. The average Bonchev–Trinajstić information content (AvgIpc) is 2.35. The molecule has 0 fully saturated rings. The van der Waals surface area contributed by atoms with Crippen molar-refractivity contribution in [2.75, 3.05) is 10.5 Å². The summed E-state index contributed by atoms with van der Waals surface area (Å²) in [7, 11) is -4.06. The Bertz CT molecular complexity index is 765. The molecular formula is C12H11BrFN3O2S. The van der Waals surface area contributed by atoms with Gasteiger partial charge in [-0.3, -0.25) is 4.72 Å². The van der Waals surface area contributed by atoms with Gasteiger partial charge >= 0.3 is 0 Å². The number of benzene rings is 1. The van der Waals surface area contributed by atoms with Gasteiger partial charge in [-0.25, -0.2) is 17.8 Å². The Hall–Kier alpha value is -1.67. The van der Waals surface area contributed by atoms with Crippen molar-refractivity contribution in [1.82, 2.24) is 4.98 Å². The molecule has 1 heterocycles. The van der Waals surface area contributed by atoms with Crippen LogP contribution in [0.4, 0.5) is 15.8 Å². The Morgan fingerprint density at radius 2 is 2.00 bits per heavy atom. The van der Waals surface area contributed by atoms with Crippen LogP contribution in [-0.4, -0.2) is 13.4 Å². The van der Waals surface area contributed by atoms with Crippen molar-refractivity contribution in [3.8, 4) is 0 Å². The van der Waals surface area contributed by atoms with E-state index in [9.17, 15) is 12.8 Å². The highest BCUT2D eigenvalue weighted by molar-refractivity contribution is 9.10. The third-order valence-electron chi connectivity index (χ3n) is 2.54. The Kier molecular flexibility index (Phi) is 3.96. The lowest BCUT2D eigenvalue weighted by atomic mass is 10.3. The van der Waals surface area contributed by atoms with Crippen molar-refractivity contribution in [2.45, 2.75) is 11.8 Å². The van der Waals surface area contributed by atoms with Crippen molar-refractivity contribution in [1.29, 1.82) is 0 Å². The van der Waals surface area contributed by atoms with E-state index in [1.807, 2.05) is 0 Å². The molecule has 0 radical (unpaired) electrons. The lowest BCUT2D eigenvalue weighted by molar-refractivity contribution is 0.570. The number of aromatic nitrogens is 1. The molecule has 0 aliphatic heterocycles. The number of hydrogen-bond donors (Lipinski definition) is 2. The van der Waals surface area contributed by atoms with Crippen molar-refractivity contribution in [2.24, 2.45) is 0 Å². The first-order valence-electron chi connectivity index (χ1n) is 5.50. The van der Waals surface area contributed by atoms with Crippen LogP contribution < -0.4 is 10.5 Å². The predicted molar refractivity (Wildman–Crippen MR) is 78.3 cm³/mol. The molecule has 3 N–H and O–H groups in total. The highest BCUT2D eigenvalue weighted by atomic mass is 79.9. The molecule has 1 aromatic carbocycles. The number of nitrogens with zero attached hydrogens (tertiary/aromatic N) is 1. The minimum Gasteiger partial charge on any atom is -0.399 e. The highest BCUT2D eigenvalue weighted by Crippen LogP contribution is 2.23. The first-order valence-corrected chi connectivity index (χ1v) is 7.78. The second kappa shape index (κ2) is 5.37. The number of hydrogen-bond acceptors (Lipinski definition) is 4. The van der Waals surface area contributed by atoms with Gasteiger partial charge in [0.1, 0.15) is 15.3 Å². The van der Waals surface area contributed by atoms with Gasteiger partial charge in [-0.05, 0) is 53.2 Å². The van der Waals surface area contributed by atoms with Gasteiger partial charge in [-0.2, -0.15) is 0 Å². The molecule has 0 atom stereocenters. The topological polar surface area (TPSA) is 85.1 Å². The molecule has 0 saturated heterocycles. The number of anilines is 2. The van der Waals surface area contributed by atoms with Crippen molar-refractivity contribution >= 4 is 37.3 Å². The zero-order valence-electron chi connectivity index (χ0n) is 10.4. The summed E-state index contributed by atoms with van der Waals surface area (Å²) in [4.78, 5) is 3.56. The number of halogens is 2. The zero-order valence-corrected chi connectivity index (χ0v) is 12.8. The average molecular weight is 360 g/mol.